The number of aromatic nitrogens is 3. The van der Waals surface area contributed by atoms with Crippen molar-refractivity contribution >= 4 is 5.82 Å². The average molecular weight is 113 g/mol. The van der Waals surface area contributed by atoms with Crippen LogP contribution in [0.1, 0.15) is 0 Å². The van der Waals surface area contributed by atoms with Crippen LogP contribution in [0.25, 0.3) is 0 Å². The van der Waals surface area contributed by atoms with Crippen LogP contribution in [-0.4, -0.2) is 15.0 Å². The molecule has 1 rings (SSSR count). The van der Waals surface area contributed by atoms with E-state index < -0.39 is 0 Å². The second-order valence-electron chi connectivity index (χ2n) is 1.37. The Labute approximate surface area is 46.3 Å². The standard InChI is InChI=1S/C3H7N5/c4-2-8-1-3(5)6-7-8/h1H,2,4-5H2. The fourth-order valence-corrected chi connectivity index (χ4v) is 0.403. The van der Waals surface area contributed by atoms with Gasteiger partial charge in [0, 0.05) is 0 Å². The Morgan fingerprint density at radius 1 is 1.75 bits per heavy atom. The molecule has 0 saturated heterocycles. The van der Waals surface area contributed by atoms with E-state index in [1.165, 1.54) is 4.68 Å². The summed E-state index contributed by atoms with van der Waals surface area (Å²) in [5, 5.41) is 7.05. The largest absolute Gasteiger partial charge is 0.381 e. The van der Waals surface area contributed by atoms with Gasteiger partial charge in [-0.1, -0.05) is 5.21 Å². The molecule has 0 radical (unpaired) electrons. The summed E-state index contributed by atoms with van der Waals surface area (Å²) in [4.78, 5) is 0. The lowest BCUT2D eigenvalue weighted by Gasteiger charge is -1.86. The van der Waals surface area contributed by atoms with Crippen LogP contribution >= 0.6 is 0 Å². The molecule has 1 heterocycles. The highest BCUT2D eigenvalue weighted by molar-refractivity contribution is 5.19. The average Bonchev–Trinajstić information content (AvgIpc) is 2.14. The molecule has 0 spiro atoms. The quantitative estimate of drug-likeness (QED) is 0.478. The topological polar surface area (TPSA) is 82.8 Å². The van der Waals surface area contributed by atoms with E-state index >= 15 is 0 Å². The Hall–Kier alpha value is -1.10. The zero-order chi connectivity index (χ0) is 5.98. The molecule has 1 aromatic rings. The first kappa shape index (κ1) is 5.04. The van der Waals surface area contributed by atoms with Crippen LogP contribution in [0.15, 0.2) is 6.20 Å². The summed E-state index contributed by atoms with van der Waals surface area (Å²) in [6, 6.07) is 0. The number of nitrogen functional groups attached to an aromatic ring is 1. The van der Waals surface area contributed by atoms with Crippen LogP contribution < -0.4 is 11.5 Å². The zero-order valence-electron chi connectivity index (χ0n) is 4.28. The smallest absolute Gasteiger partial charge is 0.166 e. The number of hydrogen-bond donors (Lipinski definition) is 2. The molecule has 8 heavy (non-hydrogen) atoms. The summed E-state index contributed by atoms with van der Waals surface area (Å²) >= 11 is 0. The SMILES string of the molecule is NCn1cc(N)nn1. The van der Waals surface area contributed by atoms with Crippen molar-refractivity contribution in [1.29, 1.82) is 0 Å². The maximum atomic E-state index is 5.20. The lowest BCUT2D eigenvalue weighted by atomic mass is 10.8. The van der Waals surface area contributed by atoms with Crippen molar-refractivity contribution in [2.45, 2.75) is 6.67 Å². The monoisotopic (exact) mass is 113 g/mol. The molecular formula is C3H7N5. The van der Waals surface area contributed by atoms with Crippen LogP contribution in [0, 0.1) is 0 Å². The molecule has 1 aromatic heterocycles. The van der Waals surface area contributed by atoms with E-state index in [0.29, 0.717) is 12.5 Å². The lowest BCUT2D eigenvalue weighted by molar-refractivity contribution is 0.608. The molecular weight excluding hydrogens is 106 g/mol. The predicted molar refractivity (Wildman–Crippen MR) is 28.6 cm³/mol. The minimum absolute atomic E-state index is 0.324. The van der Waals surface area contributed by atoms with Gasteiger partial charge in [0.1, 0.15) is 0 Å². The predicted octanol–water partition coefficient (Wildman–Crippen LogP) is -1.22. The summed E-state index contributed by atoms with van der Waals surface area (Å²) < 4.78 is 1.45. The van der Waals surface area contributed by atoms with Gasteiger partial charge in [0.05, 0.1) is 12.9 Å². The lowest BCUT2D eigenvalue weighted by Crippen LogP contribution is -2.06. The minimum Gasteiger partial charge on any atom is -0.381 e. The van der Waals surface area contributed by atoms with E-state index in [1.807, 2.05) is 0 Å². The van der Waals surface area contributed by atoms with Crippen LogP contribution in [0.2, 0.25) is 0 Å². The van der Waals surface area contributed by atoms with Gasteiger partial charge in [-0.3, -0.25) is 0 Å². The van der Waals surface area contributed by atoms with E-state index in [4.69, 9.17) is 11.5 Å². The number of rotatable bonds is 1. The van der Waals surface area contributed by atoms with Crippen molar-refractivity contribution in [1.82, 2.24) is 15.0 Å². The summed E-state index contributed by atoms with van der Waals surface area (Å²) in [6.45, 7) is 0.324. The number of hydrogen-bond acceptors (Lipinski definition) is 4. The molecule has 0 aliphatic heterocycles. The van der Waals surface area contributed by atoms with Gasteiger partial charge in [-0.25, -0.2) is 4.68 Å². The van der Waals surface area contributed by atoms with Gasteiger partial charge in [-0.15, -0.1) is 5.10 Å². The molecule has 5 nitrogen and oxygen atoms in total. The molecule has 0 aliphatic rings. The molecule has 0 aliphatic carbocycles. The van der Waals surface area contributed by atoms with Gasteiger partial charge < -0.3 is 11.5 Å². The Kier molecular flexibility index (Phi) is 1.13. The van der Waals surface area contributed by atoms with E-state index in [1.54, 1.807) is 6.20 Å². The maximum Gasteiger partial charge on any atom is 0.166 e. The van der Waals surface area contributed by atoms with Crippen LogP contribution in [0.5, 0.6) is 0 Å². The molecule has 0 amide bonds. The molecule has 0 atom stereocenters. The second-order valence-corrected chi connectivity index (χ2v) is 1.37. The molecule has 0 fully saturated rings. The van der Waals surface area contributed by atoms with Gasteiger partial charge >= 0.3 is 0 Å². The number of nitrogens with two attached hydrogens (primary N) is 2. The molecule has 0 unspecified atom stereocenters. The zero-order valence-corrected chi connectivity index (χ0v) is 4.28. The molecule has 5 heteroatoms. The fourth-order valence-electron chi connectivity index (χ4n) is 0.403. The Morgan fingerprint density at radius 2 is 2.50 bits per heavy atom. The van der Waals surface area contributed by atoms with E-state index in [-0.39, 0.29) is 0 Å². The normalized spacial score (nSPS) is 9.62. The molecule has 0 bridgehead atoms. The molecule has 4 N–H and O–H groups in total. The Balaban J connectivity index is 2.84. The van der Waals surface area contributed by atoms with Gasteiger partial charge in [-0.2, -0.15) is 0 Å². The van der Waals surface area contributed by atoms with E-state index in [0.717, 1.165) is 0 Å². The van der Waals surface area contributed by atoms with Gasteiger partial charge in [-0.05, 0) is 0 Å². The van der Waals surface area contributed by atoms with Crippen LogP contribution in [0.4, 0.5) is 5.82 Å². The van der Waals surface area contributed by atoms with Crippen molar-refractivity contribution in [2.24, 2.45) is 5.73 Å². The Morgan fingerprint density at radius 3 is 2.75 bits per heavy atom. The number of anilines is 1. The summed E-state index contributed by atoms with van der Waals surface area (Å²) in [5.41, 5.74) is 10.4. The van der Waals surface area contributed by atoms with Crippen molar-refractivity contribution in [3.63, 3.8) is 0 Å². The van der Waals surface area contributed by atoms with Gasteiger partial charge in [0.25, 0.3) is 0 Å². The Bertz CT molecular complexity index is 168. The maximum absolute atomic E-state index is 5.20. The van der Waals surface area contributed by atoms with Gasteiger partial charge in [0.2, 0.25) is 0 Å². The summed E-state index contributed by atoms with van der Waals surface area (Å²) in [7, 11) is 0. The third kappa shape index (κ3) is 0.760. The van der Waals surface area contributed by atoms with Crippen LogP contribution in [-0.2, 0) is 6.67 Å². The third-order valence-corrected chi connectivity index (χ3v) is 0.743. The summed E-state index contributed by atoms with van der Waals surface area (Å²) in [5.74, 6) is 0.399. The number of nitrogens with zero attached hydrogens (tertiary/aromatic N) is 3. The third-order valence-electron chi connectivity index (χ3n) is 0.743. The molecule has 44 valence electrons. The highest BCUT2D eigenvalue weighted by Crippen LogP contribution is 1.88. The van der Waals surface area contributed by atoms with Crippen molar-refractivity contribution in [3.8, 4) is 0 Å². The highest BCUT2D eigenvalue weighted by atomic mass is 15.4. The van der Waals surface area contributed by atoms with Crippen molar-refractivity contribution in [2.75, 3.05) is 5.73 Å². The second kappa shape index (κ2) is 1.79. The first-order valence-corrected chi connectivity index (χ1v) is 2.18. The first-order chi connectivity index (χ1) is 3.83. The van der Waals surface area contributed by atoms with Crippen molar-refractivity contribution < 1.29 is 0 Å². The summed E-state index contributed by atoms with van der Waals surface area (Å²) in [6.07, 6.45) is 1.57. The van der Waals surface area contributed by atoms with E-state index in [2.05, 4.69) is 10.3 Å². The van der Waals surface area contributed by atoms with E-state index in [9.17, 15) is 0 Å². The first-order valence-electron chi connectivity index (χ1n) is 2.18. The molecule has 0 aromatic carbocycles. The highest BCUT2D eigenvalue weighted by Gasteiger charge is 1.88. The van der Waals surface area contributed by atoms with Gasteiger partial charge in [0.15, 0.2) is 5.82 Å². The molecule has 0 saturated carbocycles. The fraction of sp³-hybridized carbons (Fsp3) is 0.333. The minimum atomic E-state index is 0.324. The van der Waals surface area contributed by atoms with Crippen molar-refractivity contribution in [3.05, 3.63) is 6.20 Å². The van der Waals surface area contributed by atoms with Crippen LogP contribution in [0.3, 0.4) is 0 Å².